The number of aliphatic hydroxyl groups excluding tert-OH is 3. The maximum atomic E-state index is 13.5. The first-order valence-corrected chi connectivity index (χ1v) is 9.28. The van der Waals surface area contributed by atoms with E-state index in [-0.39, 0.29) is 11.3 Å². The molecule has 2 aliphatic heterocycles. The van der Waals surface area contributed by atoms with Gasteiger partial charge in [0.05, 0.1) is 12.8 Å². The SMILES string of the molecule is OCC1O[C@@]2(CCCNC2)[C@H](O)[C@@H](n2cc(-c3cc(F)c(F)c(F)c3)nn2)[C@H]1O. The van der Waals surface area contributed by atoms with E-state index in [4.69, 9.17) is 4.74 Å². The normalized spacial score (nSPS) is 32.6. The summed E-state index contributed by atoms with van der Waals surface area (Å²) in [5.74, 6) is -4.32. The summed E-state index contributed by atoms with van der Waals surface area (Å²) < 4.78 is 47.3. The predicted molar refractivity (Wildman–Crippen MR) is 93.2 cm³/mol. The number of hydrogen-bond acceptors (Lipinski definition) is 7. The summed E-state index contributed by atoms with van der Waals surface area (Å²) in [5.41, 5.74) is -1.04. The fraction of sp³-hybridized carbons (Fsp3) is 0.556. The lowest BCUT2D eigenvalue weighted by Gasteiger charge is -2.51. The monoisotopic (exact) mass is 414 g/mol. The Bertz CT molecular complexity index is 867. The van der Waals surface area contributed by atoms with Crippen molar-refractivity contribution in [3.05, 3.63) is 35.8 Å². The van der Waals surface area contributed by atoms with Gasteiger partial charge in [0.15, 0.2) is 17.5 Å². The number of rotatable bonds is 3. The summed E-state index contributed by atoms with van der Waals surface area (Å²) in [6, 6.07) is 0.552. The van der Waals surface area contributed by atoms with Gasteiger partial charge >= 0.3 is 0 Å². The number of ether oxygens (including phenoxy) is 1. The molecule has 1 unspecified atom stereocenters. The van der Waals surface area contributed by atoms with Crippen molar-refractivity contribution in [2.24, 2.45) is 0 Å². The van der Waals surface area contributed by atoms with Gasteiger partial charge in [-0.1, -0.05) is 5.21 Å². The maximum absolute atomic E-state index is 13.5. The van der Waals surface area contributed by atoms with Crippen LogP contribution in [-0.4, -0.2) is 73.9 Å². The van der Waals surface area contributed by atoms with Crippen LogP contribution in [0.4, 0.5) is 13.2 Å². The van der Waals surface area contributed by atoms with Crippen LogP contribution in [0.1, 0.15) is 18.9 Å². The van der Waals surface area contributed by atoms with Gasteiger partial charge in [0.2, 0.25) is 0 Å². The van der Waals surface area contributed by atoms with Gasteiger partial charge in [0.1, 0.15) is 35.6 Å². The minimum Gasteiger partial charge on any atom is -0.394 e. The summed E-state index contributed by atoms with van der Waals surface area (Å²) in [5, 5.41) is 42.2. The van der Waals surface area contributed by atoms with E-state index in [0.717, 1.165) is 25.1 Å². The van der Waals surface area contributed by atoms with Gasteiger partial charge in [-0.25, -0.2) is 17.9 Å². The van der Waals surface area contributed by atoms with Gasteiger partial charge < -0.3 is 25.4 Å². The molecule has 2 fully saturated rings. The van der Waals surface area contributed by atoms with E-state index < -0.39 is 54.0 Å². The molecule has 4 N–H and O–H groups in total. The van der Waals surface area contributed by atoms with Crippen LogP contribution in [0.3, 0.4) is 0 Å². The van der Waals surface area contributed by atoms with E-state index in [1.807, 2.05) is 0 Å². The third-order valence-electron chi connectivity index (χ3n) is 5.63. The molecular formula is C18H21F3N4O4. The van der Waals surface area contributed by atoms with Crippen molar-refractivity contribution >= 4 is 0 Å². The number of nitrogens with zero attached hydrogens (tertiary/aromatic N) is 3. The van der Waals surface area contributed by atoms with Crippen LogP contribution in [0.15, 0.2) is 18.3 Å². The molecule has 8 nitrogen and oxygen atoms in total. The molecule has 0 amide bonds. The maximum Gasteiger partial charge on any atom is 0.194 e. The van der Waals surface area contributed by atoms with Gasteiger partial charge in [-0.2, -0.15) is 0 Å². The van der Waals surface area contributed by atoms with Crippen molar-refractivity contribution in [3.8, 4) is 11.3 Å². The molecule has 4 rings (SSSR count). The Morgan fingerprint density at radius 3 is 2.59 bits per heavy atom. The number of benzene rings is 1. The third-order valence-corrected chi connectivity index (χ3v) is 5.63. The van der Waals surface area contributed by atoms with E-state index in [1.54, 1.807) is 0 Å². The van der Waals surface area contributed by atoms with Crippen LogP contribution in [0.5, 0.6) is 0 Å². The lowest BCUT2D eigenvalue weighted by atomic mass is 9.78. The highest BCUT2D eigenvalue weighted by Gasteiger charge is 2.55. The van der Waals surface area contributed by atoms with Crippen molar-refractivity contribution in [2.45, 2.75) is 42.8 Å². The third kappa shape index (κ3) is 3.42. The number of hydrogen-bond donors (Lipinski definition) is 4. The molecule has 1 spiro atoms. The van der Waals surface area contributed by atoms with Crippen LogP contribution >= 0.6 is 0 Å². The van der Waals surface area contributed by atoms with Gasteiger partial charge in [-0.15, -0.1) is 5.10 Å². The molecule has 11 heteroatoms. The molecule has 5 atom stereocenters. The van der Waals surface area contributed by atoms with E-state index >= 15 is 0 Å². The molecule has 158 valence electrons. The molecule has 3 heterocycles. The molecule has 0 bridgehead atoms. The lowest BCUT2D eigenvalue weighted by molar-refractivity contribution is -0.259. The molecule has 0 saturated carbocycles. The highest BCUT2D eigenvalue weighted by atomic mass is 19.2. The molecule has 2 aromatic rings. The Morgan fingerprint density at radius 2 is 1.97 bits per heavy atom. The smallest absolute Gasteiger partial charge is 0.194 e. The second kappa shape index (κ2) is 7.65. The molecule has 29 heavy (non-hydrogen) atoms. The fourth-order valence-corrected chi connectivity index (χ4v) is 4.12. The molecule has 1 aromatic carbocycles. The lowest BCUT2D eigenvalue weighted by Crippen LogP contribution is -2.67. The quantitative estimate of drug-likeness (QED) is 0.529. The van der Waals surface area contributed by atoms with Crippen molar-refractivity contribution < 1.29 is 33.2 Å². The van der Waals surface area contributed by atoms with E-state index in [0.29, 0.717) is 13.0 Å². The zero-order chi connectivity index (χ0) is 20.8. The van der Waals surface area contributed by atoms with Crippen molar-refractivity contribution in [3.63, 3.8) is 0 Å². The molecule has 0 aliphatic carbocycles. The van der Waals surface area contributed by atoms with Crippen LogP contribution in [0.2, 0.25) is 0 Å². The Balaban J connectivity index is 1.69. The average molecular weight is 414 g/mol. The predicted octanol–water partition coefficient (Wildman–Crippen LogP) is 0.139. The van der Waals surface area contributed by atoms with Crippen LogP contribution in [0.25, 0.3) is 11.3 Å². The summed E-state index contributed by atoms with van der Waals surface area (Å²) in [6.07, 6.45) is -0.918. The van der Waals surface area contributed by atoms with Crippen molar-refractivity contribution in [2.75, 3.05) is 19.7 Å². The Morgan fingerprint density at radius 1 is 1.24 bits per heavy atom. The van der Waals surface area contributed by atoms with Crippen molar-refractivity contribution in [1.82, 2.24) is 20.3 Å². The minimum absolute atomic E-state index is 0.0325. The highest BCUT2D eigenvalue weighted by molar-refractivity contribution is 5.57. The fourth-order valence-electron chi connectivity index (χ4n) is 4.12. The van der Waals surface area contributed by atoms with Crippen LogP contribution in [0, 0.1) is 17.5 Å². The van der Waals surface area contributed by atoms with Gasteiger partial charge in [0, 0.05) is 12.1 Å². The van der Waals surface area contributed by atoms with Gasteiger partial charge in [-0.05, 0) is 31.5 Å². The number of halogens is 3. The standard InChI is InChI=1S/C18H21F3N4O4/c19-10-4-9(5-11(20)14(10)21)12-6-25(24-23-12)15-16(27)13(7-26)29-18(17(15)28)2-1-3-22-8-18/h4-6,13,15-17,22,26-28H,1-3,7-8H2/t13?,15-,16-,17+,18+/m0/s1. The second-order valence-electron chi connectivity index (χ2n) is 7.45. The number of aliphatic hydroxyl groups is 3. The van der Waals surface area contributed by atoms with Crippen molar-refractivity contribution in [1.29, 1.82) is 0 Å². The number of aromatic nitrogens is 3. The number of nitrogens with one attached hydrogen (secondary N) is 1. The summed E-state index contributed by atoms with van der Waals surface area (Å²) >= 11 is 0. The minimum atomic E-state index is -1.59. The summed E-state index contributed by atoms with van der Waals surface area (Å²) in [4.78, 5) is 0. The second-order valence-corrected chi connectivity index (χ2v) is 7.45. The Kier molecular flexibility index (Phi) is 5.34. The first-order valence-electron chi connectivity index (χ1n) is 9.28. The summed E-state index contributed by atoms with van der Waals surface area (Å²) in [6.45, 7) is 0.607. The first-order chi connectivity index (χ1) is 13.9. The zero-order valence-electron chi connectivity index (χ0n) is 15.3. The van der Waals surface area contributed by atoms with E-state index in [9.17, 15) is 28.5 Å². The zero-order valence-corrected chi connectivity index (χ0v) is 15.3. The topological polar surface area (TPSA) is 113 Å². The highest BCUT2D eigenvalue weighted by Crippen LogP contribution is 2.40. The van der Waals surface area contributed by atoms with Gasteiger partial charge in [0.25, 0.3) is 0 Å². The molecular weight excluding hydrogens is 393 g/mol. The van der Waals surface area contributed by atoms with E-state index in [1.165, 1.54) is 10.9 Å². The number of piperidine rings is 1. The molecule has 2 aliphatic rings. The first kappa shape index (κ1) is 20.2. The average Bonchev–Trinajstić information content (AvgIpc) is 3.19. The van der Waals surface area contributed by atoms with E-state index in [2.05, 4.69) is 15.6 Å². The molecule has 0 radical (unpaired) electrons. The van der Waals surface area contributed by atoms with Gasteiger partial charge in [-0.3, -0.25) is 0 Å². The van der Waals surface area contributed by atoms with Crippen LogP contribution in [-0.2, 0) is 4.74 Å². The molecule has 1 aromatic heterocycles. The summed E-state index contributed by atoms with van der Waals surface area (Å²) in [7, 11) is 0. The largest absolute Gasteiger partial charge is 0.394 e. The Labute approximate surface area is 163 Å². The van der Waals surface area contributed by atoms with Crippen LogP contribution < -0.4 is 5.32 Å². The Hall–Kier alpha value is -2.05. The molecule has 2 saturated heterocycles.